The minimum Gasteiger partial charge on any atom is -0.445 e. The quantitative estimate of drug-likeness (QED) is 0.510. The molecule has 156 valence electrons. The highest BCUT2D eigenvalue weighted by atomic mass is 32.2. The molecule has 2 aromatic carbocycles. The van der Waals surface area contributed by atoms with Gasteiger partial charge in [0.15, 0.2) is 9.84 Å². The predicted molar refractivity (Wildman–Crippen MR) is 115 cm³/mol. The van der Waals surface area contributed by atoms with Crippen molar-refractivity contribution in [2.75, 3.05) is 0 Å². The van der Waals surface area contributed by atoms with Gasteiger partial charge in [-0.1, -0.05) is 80.8 Å². The molecule has 0 aliphatic rings. The predicted octanol–water partition coefficient (Wildman–Crippen LogP) is 5.24. The molecule has 0 fully saturated rings. The molecule has 0 saturated carbocycles. The Balaban J connectivity index is 1.91. The van der Waals surface area contributed by atoms with Crippen LogP contribution < -0.4 is 5.32 Å². The largest absolute Gasteiger partial charge is 0.445 e. The van der Waals surface area contributed by atoms with E-state index in [0.717, 1.165) is 31.2 Å². The van der Waals surface area contributed by atoms with Crippen molar-refractivity contribution in [3.63, 3.8) is 0 Å². The lowest BCUT2D eigenvalue weighted by Gasteiger charge is -2.17. The fraction of sp³-hybridized carbons (Fsp3) is 0.348. The van der Waals surface area contributed by atoms with Crippen molar-refractivity contribution >= 4 is 15.9 Å². The van der Waals surface area contributed by atoms with Gasteiger partial charge in [0.1, 0.15) is 6.61 Å². The Morgan fingerprint density at radius 3 is 2.34 bits per heavy atom. The number of unbranched alkanes of at least 4 members (excludes halogenated alkanes) is 2. The number of hydrogen-bond acceptors (Lipinski definition) is 4. The zero-order valence-corrected chi connectivity index (χ0v) is 17.6. The smallest absolute Gasteiger partial charge is 0.407 e. The molecule has 0 radical (unpaired) electrons. The van der Waals surface area contributed by atoms with Crippen LogP contribution in [0, 0.1) is 0 Å². The molecule has 2 aromatic rings. The van der Waals surface area contributed by atoms with Crippen molar-refractivity contribution in [3.05, 3.63) is 77.7 Å². The molecule has 1 N–H and O–H groups in total. The Kier molecular flexibility index (Phi) is 9.44. The molecule has 29 heavy (non-hydrogen) atoms. The number of hydrogen-bond donors (Lipinski definition) is 1. The van der Waals surface area contributed by atoms with E-state index in [1.165, 1.54) is 5.41 Å². The first kappa shape index (κ1) is 22.7. The lowest BCUT2D eigenvalue weighted by atomic mass is 10.1. The summed E-state index contributed by atoms with van der Waals surface area (Å²) in [6.45, 7) is 2.31. The third kappa shape index (κ3) is 8.52. The fourth-order valence-electron chi connectivity index (χ4n) is 2.86. The van der Waals surface area contributed by atoms with E-state index in [1.807, 2.05) is 30.3 Å². The molecule has 1 atom stereocenters. The topological polar surface area (TPSA) is 72.5 Å². The molecule has 1 unspecified atom stereocenters. The van der Waals surface area contributed by atoms with Gasteiger partial charge in [0, 0.05) is 11.4 Å². The molecule has 5 nitrogen and oxygen atoms in total. The lowest BCUT2D eigenvalue weighted by Crippen LogP contribution is -2.35. The molecular formula is C23H29NO4S. The van der Waals surface area contributed by atoms with Crippen LogP contribution in [0.1, 0.15) is 44.6 Å². The first-order valence-electron chi connectivity index (χ1n) is 9.95. The maximum Gasteiger partial charge on any atom is 0.407 e. The Hall–Kier alpha value is -2.60. The van der Waals surface area contributed by atoms with Crippen LogP contribution >= 0.6 is 0 Å². The summed E-state index contributed by atoms with van der Waals surface area (Å²) in [4.78, 5) is 12.4. The molecule has 0 aliphatic carbocycles. The van der Waals surface area contributed by atoms with Crippen molar-refractivity contribution in [3.8, 4) is 0 Å². The maximum atomic E-state index is 12.4. The number of rotatable bonds is 11. The molecule has 0 saturated heterocycles. The average Bonchev–Trinajstić information content (AvgIpc) is 2.73. The van der Waals surface area contributed by atoms with E-state index >= 15 is 0 Å². The van der Waals surface area contributed by atoms with E-state index in [9.17, 15) is 13.2 Å². The second kappa shape index (κ2) is 12.1. The first-order chi connectivity index (χ1) is 14.0. The van der Waals surface area contributed by atoms with E-state index in [4.69, 9.17) is 4.74 Å². The third-order valence-corrected chi connectivity index (χ3v) is 5.94. The van der Waals surface area contributed by atoms with Crippen molar-refractivity contribution in [2.45, 2.75) is 56.6 Å². The maximum absolute atomic E-state index is 12.4. The number of ether oxygens (including phenoxy) is 1. The van der Waals surface area contributed by atoms with Crippen molar-refractivity contribution < 1.29 is 17.9 Å². The SMILES string of the molecule is CCCCCC(C/C=C/S(=O)(=O)c1ccccc1)NC(=O)OCc1ccccc1. The monoisotopic (exact) mass is 415 g/mol. The van der Waals surface area contributed by atoms with Crippen molar-refractivity contribution in [2.24, 2.45) is 0 Å². The minimum absolute atomic E-state index is 0.174. The molecule has 0 aliphatic heterocycles. The second-order valence-electron chi connectivity index (χ2n) is 6.86. The summed E-state index contributed by atoms with van der Waals surface area (Å²) in [7, 11) is -3.48. The number of alkyl carbamates (subject to hydrolysis) is 1. The average molecular weight is 416 g/mol. The summed E-state index contributed by atoms with van der Waals surface area (Å²) >= 11 is 0. The Labute approximate surface area is 173 Å². The Morgan fingerprint density at radius 2 is 1.69 bits per heavy atom. The van der Waals surface area contributed by atoms with Gasteiger partial charge in [-0.2, -0.15) is 0 Å². The van der Waals surface area contributed by atoms with Gasteiger partial charge in [0.25, 0.3) is 0 Å². The molecule has 0 bridgehead atoms. The van der Waals surface area contributed by atoms with Gasteiger partial charge < -0.3 is 10.1 Å². The van der Waals surface area contributed by atoms with Crippen LogP contribution in [0.5, 0.6) is 0 Å². The van der Waals surface area contributed by atoms with E-state index < -0.39 is 15.9 Å². The first-order valence-corrected chi connectivity index (χ1v) is 11.5. The summed E-state index contributed by atoms with van der Waals surface area (Å²) in [6.07, 6.45) is 5.40. The van der Waals surface area contributed by atoms with Crippen LogP contribution in [-0.2, 0) is 21.2 Å². The summed E-state index contributed by atoms with van der Waals surface area (Å²) in [5.41, 5.74) is 0.916. The number of benzene rings is 2. The van der Waals surface area contributed by atoms with Crippen LogP contribution in [-0.4, -0.2) is 20.6 Å². The highest BCUT2D eigenvalue weighted by Crippen LogP contribution is 2.13. The van der Waals surface area contributed by atoms with Gasteiger partial charge in [0.05, 0.1) is 4.90 Å². The summed E-state index contributed by atoms with van der Waals surface area (Å²) < 4.78 is 30.0. The highest BCUT2D eigenvalue weighted by Gasteiger charge is 2.14. The lowest BCUT2D eigenvalue weighted by molar-refractivity contribution is 0.135. The van der Waals surface area contributed by atoms with E-state index in [1.54, 1.807) is 36.4 Å². The molecule has 6 heteroatoms. The van der Waals surface area contributed by atoms with Gasteiger partial charge in [-0.3, -0.25) is 0 Å². The number of nitrogens with one attached hydrogen (secondary N) is 1. The van der Waals surface area contributed by atoms with Gasteiger partial charge in [-0.25, -0.2) is 13.2 Å². The van der Waals surface area contributed by atoms with Crippen LogP contribution in [0.3, 0.4) is 0 Å². The minimum atomic E-state index is -3.48. The fourth-order valence-corrected chi connectivity index (χ4v) is 3.91. The van der Waals surface area contributed by atoms with Crippen LogP contribution in [0.25, 0.3) is 0 Å². The number of amides is 1. The normalized spacial score (nSPS) is 12.6. The molecule has 2 rings (SSSR count). The molecule has 0 aromatic heterocycles. The molecular weight excluding hydrogens is 386 g/mol. The zero-order chi connectivity index (χ0) is 21.0. The summed E-state index contributed by atoms with van der Waals surface area (Å²) in [5, 5.41) is 4.08. The van der Waals surface area contributed by atoms with Gasteiger partial charge in [0.2, 0.25) is 0 Å². The van der Waals surface area contributed by atoms with Crippen LogP contribution in [0.4, 0.5) is 4.79 Å². The van der Waals surface area contributed by atoms with E-state index in [0.29, 0.717) is 6.42 Å². The Morgan fingerprint density at radius 1 is 1.03 bits per heavy atom. The van der Waals surface area contributed by atoms with E-state index in [2.05, 4.69) is 12.2 Å². The van der Waals surface area contributed by atoms with Crippen molar-refractivity contribution in [1.82, 2.24) is 5.32 Å². The van der Waals surface area contributed by atoms with Crippen LogP contribution in [0.2, 0.25) is 0 Å². The number of carbonyl (C=O) groups excluding carboxylic acids is 1. The van der Waals surface area contributed by atoms with Gasteiger partial charge in [-0.15, -0.1) is 0 Å². The molecule has 0 heterocycles. The van der Waals surface area contributed by atoms with Gasteiger partial charge in [-0.05, 0) is 30.5 Å². The molecule has 0 spiro atoms. The number of sulfone groups is 1. The Bertz CT molecular complexity index is 864. The van der Waals surface area contributed by atoms with Crippen molar-refractivity contribution in [1.29, 1.82) is 0 Å². The third-order valence-electron chi connectivity index (χ3n) is 4.46. The molecule has 1 amide bonds. The van der Waals surface area contributed by atoms with E-state index in [-0.39, 0.29) is 17.5 Å². The zero-order valence-electron chi connectivity index (χ0n) is 16.8. The number of carbonyl (C=O) groups is 1. The van der Waals surface area contributed by atoms with Crippen LogP contribution in [0.15, 0.2) is 77.0 Å². The standard InChI is InChI=1S/C23H29NO4S/c1-2-3-6-14-21(24-23(25)28-19-20-12-7-4-8-13-20)15-11-18-29(26,27)22-16-9-5-10-17-22/h4-5,7-13,16-18,21H,2-3,6,14-15,19H2,1H3,(H,24,25)/b18-11+. The summed E-state index contributed by atoms with van der Waals surface area (Å²) in [5.74, 6) is 0. The van der Waals surface area contributed by atoms with Gasteiger partial charge >= 0.3 is 6.09 Å². The summed E-state index contributed by atoms with van der Waals surface area (Å²) in [6, 6.07) is 17.6. The highest BCUT2D eigenvalue weighted by molar-refractivity contribution is 7.94. The second-order valence-corrected chi connectivity index (χ2v) is 8.70.